The van der Waals surface area contributed by atoms with Crippen LogP contribution in [-0.4, -0.2) is 25.9 Å². The van der Waals surface area contributed by atoms with Crippen molar-refractivity contribution in [3.05, 3.63) is 52.8 Å². The summed E-state index contributed by atoms with van der Waals surface area (Å²) in [4.78, 5) is 12.5. The summed E-state index contributed by atoms with van der Waals surface area (Å²) in [7, 11) is -0.303. The third-order valence-electron chi connectivity index (χ3n) is 3.94. The quantitative estimate of drug-likeness (QED) is 0.868. The Morgan fingerprint density at radius 2 is 1.87 bits per heavy atom. The summed E-state index contributed by atoms with van der Waals surface area (Å²) >= 11 is 0. The minimum atomic E-state index is -3.58. The molecule has 0 unspecified atom stereocenters. The molecule has 2 N–H and O–H groups in total. The van der Waals surface area contributed by atoms with Crippen molar-refractivity contribution in [3.8, 4) is 0 Å². The second-order valence-electron chi connectivity index (χ2n) is 5.39. The average molecular weight is 335 g/mol. The SMILES string of the molecule is CNS(=O)(=O)c1ccc(C)c(C(=O)NCc2ccc(C)n2C)c1. The number of benzene rings is 1. The Morgan fingerprint density at radius 3 is 2.43 bits per heavy atom. The van der Waals surface area contributed by atoms with E-state index in [9.17, 15) is 13.2 Å². The zero-order valence-electron chi connectivity index (χ0n) is 13.7. The number of rotatable bonds is 5. The molecule has 1 heterocycles. The molecule has 0 spiro atoms. The summed E-state index contributed by atoms with van der Waals surface area (Å²) in [5, 5.41) is 2.83. The lowest BCUT2D eigenvalue weighted by atomic mass is 10.1. The van der Waals surface area contributed by atoms with E-state index in [-0.39, 0.29) is 10.8 Å². The highest BCUT2D eigenvalue weighted by atomic mass is 32.2. The topological polar surface area (TPSA) is 80.2 Å². The summed E-state index contributed by atoms with van der Waals surface area (Å²) < 4.78 is 28.0. The van der Waals surface area contributed by atoms with Crippen LogP contribution in [0.4, 0.5) is 0 Å². The van der Waals surface area contributed by atoms with E-state index in [0.29, 0.717) is 12.1 Å². The number of nitrogens with zero attached hydrogens (tertiary/aromatic N) is 1. The van der Waals surface area contributed by atoms with Crippen LogP contribution in [0.1, 0.15) is 27.3 Å². The Hall–Kier alpha value is -2.12. The molecule has 1 amide bonds. The highest BCUT2D eigenvalue weighted by Crippen LogP contribution is 2.16. The molecule has 0 fully saturated rings. The molecule has 124 valence electrons. The third kappa shape index (κ3) is 3.62. The molecule has 23 heavy (non-hydrogen) atoms. The molecule has 2 rings (SSSR count). The van der Waals surface area contributed by atoms with Gasteiger partial charge in [0.05, 0.1) is 11.4 Å². The molecule has 7 heteroatoms. The maximum atomic E-state index is 12.4. The zero-order chi connectivity index (χ0) is 17.2. The first-order chi connectivity index (χ1) is 10.8. The molecule has 6 nitrogen and oxygen atoms in total. The average Bonchev–Trinajstić information content (AvgIpc) is 2.84. The Morgan fingerprint density at radius 1 is 1.17 bits per heavy atom. The molecular formula is C16H21N3O3S. The zero-order valence-corrected chi connectivity index (χ0v) is 14.5. The van der Waals surface area contributed by atoms with Crippen LogP contribution < -0.4 is 10.0 Å². The molecule has 0 saturated heterocycles. The molecule has 0 atom stereocenters. The Balaban J connectivity index is 2.22. The molecule has 0 bridgehead atoms. The van der Waals surface area contributed by atoms with Gasteiger partial charge in [0.15, 0.2) is 0 Å². The van der Waals surface area contributed by atoms with Gasteiger partial charge < -0.3 is 9.88 Å². The van der Waals surface area contributed by atoms with E-state index in [1.807, 2.05) is 30.7 Å². The van der Waals surface area contributed by atoms with E-state index < -0.39 is 10.0 Å². The van der Waals surface area contributed by atoms with Gasteiger partial charge in [-0.1, -0.05) is 6.07 Å². The summed E-state index contributed by atoms with van der Waals surface area (Å²) in [6.07, 6.45) is 0. The van der Waals surface area contributed by atoms with Crippen LogP contribution in [0.5, 0.6) is 0 Å². The largest absolute Gasteiger partial charge is 0.350 e. The summed E-state index contributed by atoms with van der Waals surface area (Å²) in [5.41, 5.74) is 3.16. The first-order valence-corrected chi connectivity index (χ1v) is 8.68. The Labute approximate surface area is 136 Å². The van der Waals surface area contributed by atoms with Gasteiger partial charge in [-0.15, -0.1) is 0 Å². The maximum absolute atomic E-state index is 12.4. The number of hydrogen-bond acceptors (Lipinski definition) is 3. The molecule has 1 aromatic carbocycles. The van der Waals surface area contributed by atoms with Crippen LogP contribution >= 0.6 is 0 Å². The molecule has 1 aromatic heterocycles. The van der Waals surface area contributed by atoms with E-state index in [1.165, 1.54) is 19.2 Å². The standard InChI is InChI=1S/C16H21N3O3S/c1-11-5-8-14(23(21,22)17-3)9-15(11)16(20)18-10-13-7-6-12(2)19(13)4/h5-9,17H,10H2,1-4H3,(H,18,20). The first kappa shape index (κ1) is 17.2. The van der Waals surface area contributed by atoms with E-state index in [2.05, 4.69) is 10.0 Å². The molecule has 0 aliphatic carbocycles. The van der Waals surface area contributed by atoms with Crippen LogP contribution in [0.2, 0.25) is 0 Å². The van der Waals surface area contributed by atoms with Crippen LogP contribution in [0.25, 0.3) is 0 Å². The lowest BCUT2D eigenvalue weighted by Crippen LogP contribution is -2.25. The van der Waals surface area contributed by atoms with Crippen LogP contribution in [0, 0.1) is 13.8 Å². The van der Waals surface area contributed by atoms with Gasteiger partial charge >= 0.3 is 0 Å². The number of aryl methyl sites for hydroxylation is 2. The Bertz CT molecular complexity index is 838. The van der Waals surface area contributed by atoms with Gasteiger partial charge in [0, 0.05) is 24.0 Å². The maximum Gasteiger partial charge on any atom is 0.251 e. The minimum Gasteiger partial charge on any atom is -0.350 e. The lowest BCUT2D eigenvalue weighted by Gasteiger charge is -2.11. The third-order valence-corrected chi connectivity index (χ3v) is 5.35. The number of carbonyl (C=O) groups excluding carboxylic acids is 1. The number of amides is 1. The summed E-state index contributed by atoms with van der Waals surface area (Å²) in [6.45, 7) is 4.14. The van der Waals surface area contributed by atoms with Gasteiger partial charge in [0.25, 0.3) is 5.91 Å². The predicted molar refractivity (Wildman–Crippen MR) is 88.7 cm³/mol. The van der Waals surface area contributed by atoms with Crippen molar-refractivity contribution in [2.45, 2.75) is 25.3 Å². The van der Waals surface area contributed by atoms with Gasteiger partial charge in [-0.05, 0) is 50.7 Å². The molecular weight excluding hydrogens is 314 g/mol. The number of hydrogen-bond donors (Lipinski definition) is 2. The molecule has 0 saturated carbocycles. The van der Waals surface area contributed by atoms with E-state index in [4.69, 9.17) is 0 Å². The molecule has 0 aliphatic heterocycles. The van der Waals surface area contributed by atoms with Crippen LogP contribution in [0.15, 0.2) is 35.2 Å². The Kier molecular flexibility index (Phi) is 4.91. The fourth-order valence-electron chi connectivity index (χ4n) is 2.24. The monoisotopic (exact) mass is 335 g/mol. The van der Waals surface area contributed by atoms with Gasteiger partial charge in [-0.3, -0.25) is 4.79 Å². The highest BCUT2D eigenvalue weighted by molar-refractivity contribution is 7.89. The van der Waals surface area contributed by atoms with Crippen molar-refractivity contribution in [2.24, 2.45) is 7.05 Å². The summed E-state index contributed by atoms with van der Waals surface area (Å²) in [6, 6.07) is 8.44. The van der Waals surface area contributed by atoms with Crippen molar-refractivity contribution in [2.75, 3.05) is 7.05 Å². The van der Waals surface area contributed by atoms with Gasteiger partial charge in [0.2, 0.25) is 10.0 Å². The van der Waals surface area contributed by atoms with Crippen LogP contribution in [-0.2, 0) is 23.6 Å². The normalized spacial score (nSPS) is 11.5. The molecule has 2 aromatic rings. The predicted octanol–water partition coefficient (Wildman–Crippen LogP) is 1.48. The van der Waals surface area contributed by atoms with Crippen molar-refractivity contribution in [3.63, 3.8) is 0 Å². The van der Waals surface area contributed by atoms with E-state index in [0.717, 1.165) is 17.0 Å². The first-order valence-electron chi connectivity index (χ1n) is 7.20. The number of carbonyl (C=O) groups is 1. The number of sulfonamides is 1. The molecule has 0 radical (unpaired) electrons. The van der Waals surface area contributed by atoms with Crippen molar-refractivity contribution >= 4 is 15.9 Å². The van der Waals surface area contributed by atoms with Gasteiger partial charge in [-0.2, -0.15) is 0 Å². The minimum absolute atomic E-state index is 0.0745. The van der Waals surface area contributed by atoms with E-state index in [1.54, 1.807) is 13.0 Å². The van der Waals surface area contributed by atoms with Crippen molar-refractivity contribution in [1.82, 2.24) is 14.6 Å². The summed E-state index contributed by atoms with van der Waals surface area (Å²) in [5.74, 6) is -0.297. The van der Waals surface area contributed by atoms with E-state index >= 15 is 0 Å². The fraction of sp³-hybridized carbons (Fsp3) is 0.312. The van der Waals surface area contributed by atoms with Gasteiger partial charge in [0.1, 0.15) is 0 Å². The lowest BCUT2D eigenvalue weighted by molar-refractivity contribution is 0.0949. The second-order valence-corrected chi connectivity index (χ2v) is 7.28. The molecule has 0 aliphatic rings. The van der Waals surface area contributed by atoms with Crippen LogP contribution in [0.3, 0.4) is 0 Å². The second kappa shape index (κ2) is 6.55. The number of nitrogens with one attached hydrogen (secondary N) is 2. The van der Waals surface area contributed by atoms with Crippen molar-refractivity contribution < 1.29 is 13.2 Å². The highest BCUT2D eigenvalue weighted by Gasteiger charge is 2.16. The number of aromatic nitrogens is 1. The fourth-order valence-corrected chi connectivity index (χ4v) is 3.00. The van der Waals surface area contributed by atoms with Crippen molar-refractivity contribution in [1.29, 1.82) is 0 Å². The smallest absolute Gasteiger partial charge is 0.251 e. The van der Waals surface area contributed by atoms with Gasteiger partial charge in [-0.25, -0.2) is 13.1 Å².